The first kappa shape index (κ1) is 25.6. The molecule has 4 rings (SSSR count). The molecule has 0 atom stereocenters. The Morgan fingerprint density at radius 1 is 1.32 bits per heavy atom. The number of nitrogens with one attached hydrogen (secondary N) is 3. The molecule has 3 N–H and O–H groups in total. The van der Waals surface area contributed by atoms with Gasteiger partial charge < -0.3 is 15.6 Å². The molecule has 0 saturated carbocycles. The Labute approximate surface area is 216 Å². The van der Waals surface area contributed by atoms with Crippen LogP contribution in [0.1, 0.15) is 43.5 Å². The Kier molecular flexibility index (Phi) is 8.26. The number of halogens is 1. The van der Waals surface area contributed by atoms with Gasteiger partial charge in [-0.25, -0.2) is 9.37 Å². The number of amides is 1. The van der Waals surface area contributed by atoms with Crippen LogP contribution in [0.4, 0.5) is 10.1 Å². The lowest BCUT2D eigenvalue weighted by Gasteiger charge is -2.10. The molecule has 0 bridgehead atoms. The summed E-state index contributed by atoms with van der Waals surface area (Å²) < 4.78 is 13.9. The zero-order chi connectivity index (χ0) is 26.2. The Morgan fingerprint density at radius 3 is 2.97 bits per heavy atom. The van der Waals surface area contributed by atoms with Crippen molar-refractivity contribution in [2.24, 2.45) is 4.99 Å². The van der Waals surface area contributed by atoms with Crippen LogP contribution in [0.15, 0.2) is 101 Å². The number of aliphatic imine (C=N–C) groups is 1. The number of carbonyl (C=O) groups excluding carboxylic acids is 1. The summed E-state index contributed by atoms with van der Waals surface area (Å²) in [5.74, 6) is -0.310. The highest BCUT2D eigenvalue weighted by molar-refractivity contribution is 6.34. The van der Waals surface area contributed by atoms with Gasteiger partial charge in [0.15, 0.2) is 0 Å². The summed E-state index contributed by atoms with van der Waals surface area (Å²) in [6.07, 6.45) is 18.9. The Hall–Kier alpha value is -4.52. The van der Waals surface area contributed by atoms with E-state index in [9.17, 15) is 9.18 Å². The van der Waals surface area contributed by atoms with E-state index in [1.165, 1.54) is 6.08 Å². The van der Waals surface area contributed by atoms with Gasteiger partial charge in [-0.3, -0.25) is 9.79 Å². The van der Waals surface area contributed by atoms with Gasteiger partial charge in [0.25, 0.3) is 5.91 Å². The normalized spacial score (nSPS) is 17.2. The first-order valence-corrected chi connectivity index (χ1v) is 12.1. The second kappa shape index (κ2) is 11.9. The van der Waals surface area contributed by atoms with Gasteiger partial charge in [0.05, 0.1) is 29.5 Å². The van der Waals surface area contributed by atoms with Gasteiger partial charge in [0.2, 0.25) is 0 Å². The number of rotatable bonds is 9. The van der Waals surface area contributed by atoms with Gasteiger partial charge in [0.1, 0.15) is 5.83 Å². The highest BCUT2D eigenvalue weighted by atomic mass is 19.1. The van der Waals surface area contributed by atoms with E-state index in [0.717, 1.165) is 45.0 Å². The Bertz CT molecular complexity index is 1400. The maximum Gasteiger partial charge on any atom is 0.256 e. The first-order valence-electron chi connectivity index (χ1n) is 12.1. The number of nitrogens with zero attached hydrogens (tertiary/aromatic N) is 2. The van der Waals surface area contributed by atoms with Crippen molar-refractivity contribution < 1.29 is 9.18 Å². The van der Waals surface area contributed by atoms with Crippen molar-refractivity contribution >= 4 is 35.5 Å². The number of allylic oxidation sites excluding steroid dienone is 8. The summed E-state index contributed by atoms with van der Waals surface area (Å²) in [6, 6.07) is 5.89. The molecule has 1 aliphatic heterocycles. The fraction of sp³-hybridized carbons (Fsp3) is 0.167. The summed E-state index contributed by atoms with van der Waals surface area (Å²) in [4.78, 5) is 24.0. The average molecular weight is 496 g/mol. The standard InChI is InChI=1S/C30H30FN5O/c1-4-13-34-28(15-23-8-7-20(2)27(31)12-10-23)21(3)33-14-5-6-22-9-11-25-26(17-24-18-32-19-35-24)30(37)36-29(25)16-22/h4-6,8-13,16-19,33H,1,7,14-15H2,2-3H3,(H,32,35)(H,36,37)/b6-5+,26-17-,28-21+,34-13?. The zero-order valence-electron chi connectivity index (χ0n) is 21.0. The number of imidazole rings is 1. The molecule has 1 amide bonds. The quantitative estimate of drug-likeness (QED) is 0.274. The molecule has 1 aromatic heterocycles. The van der Waals surface area contributed by atoms with Crippen molar-refractivity contribution in [3.8, 4) is 0 Å². The van der Waals surface area contributed by atoms with E-state index in [2.05, 4.69) is 32.2 Å². The Morgan fingerprint density at radius 2 is 2.19 bits per heavy atom. The molecule has 0 spiro atoms. The van der Waals surface area contributed by atoms with E-state index in [4.69, 9.17) is 0 Å². The summed E-state index contributed by atoms with van der Waals surface area (Å²) in [7, 11) is 0. The molecular formula is C30H30FN5O. The number of hydrogen-bond acceptors (Lipinski definition) is 4. The van der Waals surface area contributed by atoms with Crippen molar-refractivity contribution in [1.29, 1.82) is 0 Å². The van der Waals surface area contributed by atoms with E-state index in [0.29, 0.717) is 25.0 Å². The maximum atomic E-state index is 13.9. The highest BCUT2D eigenvalue weighted by Crippen LogP contribution is 2.33. The van der Waals surface area contributed by atoms with E-state index in [1.807, 2.05) is 49.4 Å². The van der Waals surface area contributed by atoms with Gasteiger partial charge in [-0.1, -0.05) is 49.1 Å². The van der Waals surface area contributed by atoms with Crippen LogP contribution in [0.3, 0.4) is 0 Å². The molecule has 2 heterocycles. The third kappa shape index (κ3) is 6.58. The summed E-state index contributed by atoms with van der Waals surface area (Å²) >= 11 is 0. The number of aromatic nitrogens is 2. The predicted octanol–water partition coefficient (Wildman–Crippen LogP) is 6.51. The van der Waals surface area contributed by atoms with Crippen LogP contribution < -0.4 is 10.6 Å². The molecule has 0 fully saturated rings. The van der Waals surface area contributed by atoms with Crippen LogP contribution in [0.2, 0.25) is 0 Å². The predicted molar refractivity (Wildman–Crippen MR) is 150 cm³/mol. The Balaban J connectivity index is 1.41. The number of benzene rings is 1. The topological polar surface area (TPSA) is 82.2 Å². The van der Waals surface area contributed by atoms with Crippen molar-refractivity contribution in [1.82, 2.24) is 15.3 Å². The average Bonchev–Trinajstić information content (AvgIpc) is 3.48. The summed E-state index contributed by atoms with van der Waals surface area (Å²) in [5.41, 5.74) is 7.55. The molecule has 6 nitrogen and oxygen atoms in total. The number of hydrogen-bond donors (Lipinski definition) is 3. The fourth-order valence-electron chi connectivity index (χ4n) is 3.98. The smallest absolute Gasteiger partial charge is 0.256 e. The SMILES string of the molecule is C=CC=N/C(CC1=CCC(C)=C(F)C=C1)=C(\C)NC/C=C/c1ccc2c(c1)NC(=O)/C2=C\c1cnc[nH]1. The van der Waals surface area contributed by atoms with Crippen LogP contribution in [0.5, 0.6) is 0 Å². The van der Waals surface area contributed by atoms with Crippen LogP contribution >= 0.6 is 0 Å². The number of fused-ring (bicyclic) bond motifs is 1. The lowest BCUT2D eigenvalue weighted by molar-refractivity contribution is -0.110. The molecule has 1 aromatic carbocycles. The largest absolute Gasteiger partial charge is 0.384 e. The minimum absolute atomic E-state index is 0.131. The van der Waals surface area contributed by atoms with Crippen molar-refractivity contribution in [3.05, 3.63) is 113 Å². The number of carbonyl (C=O) groups is 1. The lowest BCUT2D eigenvalue weighted by Crippen LogP contribution is -2.13. The van der Waals surface area contributed by atoms with Gasteiger partial charge >= 0.3 is 0 Å². The zero-order valence-corrected chi connectivity index (χ0v) is 21.0. The molecule has 1 aliphatic carbocycles. The van der Waals surface area contributed by atoms with Crippen molar-refractivity contribution in [2.75, 3.05) is 11.9 Å². The van der Waals surface area contributed by atoms with Crippen LogP contribution in [-0.2, 0) is 4.79 Å². The lowest BCUT2D eigenvalue weighted by atomic mass is 10.0. The van der Waals surface area contributed by atoms with Gasteiger partial charge in [0, 0.05) is 36.1 Å². The van der Waals surface area contributed by atoms with Crippen LogP contribution in [0.25, 0.3) is 17.7 Å². The molecule has 37 heavy (non-hydrogen) atoms. The van der Waals surface area contributed by atoms with Gasteiger partial charge in [-0.05, 0) is 55.2 Å². The second-order valence-electron chi connectivity index (χ2n) is 8.81. The van der Waals surface area contributed by atoms with Crippen LogP contribution in [0, 0.1) is 0 Å². The molecule has 188 valence electrons. The minimum Gasteiger partial charge on any atom is -0.384 e. The summed E-state index contributed by atoms with van der Waals surface area (Å²) in [6.45, 7) is 8.09. The van der Waals surface area contributed by atoms with E-state index in [1.54, 1.807) is 37.8 Å². The summed E-state index contributed by atoms with van der Waals surface area (Å²) in [5, 5.41) is 6.33. The van der Waals surface area contributed by atoms with E-state index >= 15 is 0 Å². The molecular weight excluding hydrogens is 465 g/mol. The highest BCUT2D eigenvalue weighted by Gasteiger charge is 2.24. The third-order valence-corrected chi connectivity index (χ3v) is 6.10. The molecule has 0 radical (unpaired) electrons. The monoisotopic (exact) mass is 495 g/mol. The van der Waals surface area contributed by atoms with Gasteiger partial charge in [-0.15, -0.1) is 0 Å². The van der Waals surface area contributed by atoms with E-state index < -0.39 is 0 Å². The second-order valence-corrected chi connectivity index (χ2v) is 8.81. The van der Waals surface area contributed by atoms with Crippen molar-refractivity contribution in [2.45, 2.75) is 26.7 Å². The third-order valence-electron chi connectivity index (χ3n) is 6.10. The number of anilines is 1. The molecule has 0 saturated heterocycles. The molecule has 2 aliphatic rings. The van der Waals surface area contributed by atoms with Gasteiger partial charge in [-0.2, -0.15) is 0 Å². The number of aromatic amines is 1. The molecule has 0 unspecified atom stereocenters. The molecule has 2 aromatic rings. The first-order chi connectivity index (χ1) is 17.9. The fourth-order valence-corrected chi connectivity index (χ4v) is 3.98. The van der Waals surface area contributed by atoms with Crippen LogP contribution in [-0.4, -0.2) is 28.6 Å². The van der Waals surface area contributed by atoms with Crippen molar-refractivity contribution in [3.63, 3.8) is 0 Å². The van der Waals surface area contributed by atoms with E-state index in [-0.39, 0.29) is 11.7 Å². The molecule has 7 heteroatoms. The minimum atomic E-state index is -0.178. The maximum absolute atomic E-state index is 13.9. The number of H-pyrrole nitrogens is 1.